The Labute approximate surface area is 133 Å². The molecule has 0 bridgehead atoms. The van der Waals surface area contributed by atoms with Gasteiger partial charge in [-0.05, 0) is 42.8 Å². The quantitative estimate of drug-likeness (QED) is 0.752. The van der Waals surface area contributed by atoms with E-state index in [0.29, 0.717) is 10.0 Å². The number of nitrogens with one attached hydrogen (secondary N) is 1. The summed E-state index contributed by atoms with van der Waals surface area (Å²) in [6, 6.07) is 12.1. The molecule has 1 unspecified atom stereocenters. The Balaban J connectivity index is 2.28. The van der Waals surface area contributed by atoms with Crippen LogP contribution in [-0.4, -0.2) is 0 Å². The summed E-state index contributed by atoms with van der Waals surface area (Å²) < 4.78 is 14.7. The van der Waals surface area contributed by atoms with E-state index >= 15 is 0 Å². The van der Waals surface area contributed by atoms with Gasteiger partial charge in [-0.3, -0.25) is 0 Å². The van der Waals surface area contributed by atoms with Crippen LogP contribution in [0.15, 0.2) is 45.3 Å². The molecule has 1 atom stereocenters. The molecular formula is C15H11Br2FN2. The summed E-state index contributed by atoms with van der Waals surface area (Å²) in [4.78, 5) is 0. The smallest absolute Gasteiger partial charge is 0.124 e. The largest absolute Gasteiger partial charge is 0.377 e. The van der Waals surface area contributed by atoms with Crippen molar-refractivity contribution in [2.75, 3.05) is 5.32 Å². The first-order valence-corrected chi connectivity index (χ1v) is 7.51. The average molecular weight is 398 g/mol. The predicted molar refractivity (Wildman–Crippen MR) is 85.0 cm³/mol. The van der Waals surface area contributed by atoms with Crippen molar-refractivity contribution in [1.82, 2.24) is 0 Å². The van der Waals surface area contributed by atoms with E-state index in [2.05, 4.69) is 43.2 Å². The number of anilines is 1. The molecule has 2 aromatic rings. The van der Waals surface area contributed by atoms with Crippen LogP contribution in [0, 0.1) is 17.1 Å². The number of benzene rings is 2. The molecule has 0 heterocycles. The third-order valence-corrected chi connectivity index (χ3v) is 4.08. The number of rotatable bonds is 3. The topological polar surface area (TPSA) is 35.8 Å². The van der Waals surface area contributed by atoms with E-state index in [0.717, 1.165) is 15.7 Å². The lowest BCUT2D eigenvalue weighted by Crippen LogP contribution is -2.08. The Morgan fingerprint density at radius 2 is 1.95 bits per heavy atom. The van der Waals surface area contributed by atoms with Gasteiger partial charge in [0.05, 0.1) is 11.3 Å². The lowest BCUT2D eigenvalue weighted by atomic mass is 10.1. The maximum atomic E-state index is 13.1. The first-order chi connectivity index (χ1) is 9.51. The van der Waals surface area contributed by atoms with Crippen LogP contribution in [-0.2, 0) is 0 Å². The van der Waals surface area contributed by atoms with E-state index in [9.17, 15) is 4.39 Å². The Kier molecular flexibility index (Phi) is 4.79. The van der Waals surface area contributed by atoms with Gasteiger partial charge < -0.3 is 5.32 Å². The molecule has 0 amide bonds. The summed E-state index contributed by atoms with van der Waals surface area (Å²) in [7, 11) is 0. The minimum atomic E-state index is -0.283. The number of nitriles is 1. The Bertz CT molecular complexity index is 680. The fourth-order valence-electron chi connectivity index (χ4n) is 1.90. The van der Waals surface area contributed by atoms with Crippen LogP contribution in [0.1, 0.15) is 24.1 Å². The minimum absolute atomic E-state index is 0.0572. The van der Waals surface area contributed by atoms with E-state index in [4.69, 9.17) is 5.26 Å². The van der Waals surface area contributed by atoms with Gasteiger partial charge in [0, 0.05) is 15.0 Å². The summed E-state index contributed by atoms with van der Waals surface area (Å²) >= 11 is 6.70. The van der Waals surface area contributed by atoms with Crippen molar-refractivity contribution in [3.05, 3.63) is 62.3 Å². The van der Waals surface area contributed by atoms with Crippen LogP contribution in [0.2, 0.25) is 0 Å². The van der Waals surface area contributed by atoms with Crippen LogP contribution in [0.5, 0.6) is 0 Å². The minimum Gasteiger partial charge on any atom is -0.377 e. The lowest BCUT2D eigenvalue weighted by molar-refractivity contribution is 0.625. The Morgan fingerprint density at radius 1 is 1.20 bits per heavy atom. The summed E-state index contributed by atoms with van der Waals surface area (Å²) in [5.74, 6) is -0.283. The maximum Gasteiger partial charge on any atom is 0.124 e. The molecule has 2 aromatic carbocycles. The first kappa shape index (κ1) is 15.0. The lowest BCUT2D eigenvalue weighted by Gasteiger charge is -2.18. The van der Waals surface area contributed by atoms with Crippen LogP contribution < -0.4 is 5.32 Å². The van der Waals surface area contributed by atoms with Crippen molar-refractivity contribution < 1.29 is 4.39 Å². The fourth-order valence-corrected chi connectivity index (χ4v) is 2.95. The number of hydrogen-bond donors (Lipinski definition) is 1. The molecule has 102 valence electrons. The molecule has 0 aromatic heterocycles. The first-order valence-electron chi connectivity index (χ1n) is 5.92. The molecule has 1 N–H and O–H groups in total. The second-order valence-electron chi connectivity index (χ2n) is 4.33. The number of nitrogens with zero attached hydrogens (tertiary/aromatic N) is 1. The average Bonchev–Trinajstić information content (AvgIpc) is 2.40. The van der Waals surface area contributed by atoms with Gasteiger partial charge in [0.15, 0.2) is 0 Å². The van der Waals surface area contributed by atoms with Gasteiger partial charge >= 0.3 is 0 Å². The van der Waals surface area contributed by atoms with Crippen molar-refractivity contribution >= 4 is 37.5 Å². The molecule has 20 heavy (non-hydrogen) atoms. The Morgan fingerprint density at radius 3 is 2.60 bits per heavy atom. The summed E-state index contributed by atoms with van der Waals surface area (Å²) in [5.41, 5.74) is 2.24. The zero-order chi connectivity index (χ0) is 14.7. The second-order valence-corrected chi connectivity index (χ2v) is 6.10. The highest BCUT2D eigenvalue weighted by atomic mass is 79.9. The summed E-state index contributed by atoms with van der Waals surface area (Å²) in [5, 5.41) is 12.4. The highest BCUT2D eigenvalue weighted by Gasteiger charge is 2.12. The van der Waals surface area contributed by atoms with Crippen molar-refractivity contribution in [3.8, 4) is 6.07 Å². The van der Waals surface area contributed by atoms with Crippen LogP contribution in [0.25, 0.3) is 0 Å². The van der Waals surface area contributed by atoms with E-state index in [1.807, 2.05) is 19.1 Å². The molecule has 0 fully saturated rings. The van der Waals surface area contributed by atoms with Crippen LogP contribution in [0.3, 0.4) is 0 Å². The molecule has 2 nitrogen and oxygen atoms in total. The second kappa shape index (κ2) is 6.38. The third kappa shape index (κ3) is 3.38. The standard InChI is InChI=1S/C15H11Br2FN2/c1-9(13-4-3-12(18)7-14(13)17)20-15-5-2-11(16)6-10(15)8-19/h2-7,9,20H,1H3. The summed E-state index contributed by atoms with van der Waals surface area (Å²) in [6.45, 7) is 1.96. The molecule has 0 aliphatic heterocycles. The SMILES string of the molecule is CC(Nc1ccc(Br)cc1C#N)c1ccc(F)cc1Br. The van der Waals surface area contributed by atoms with E-state index in [1.54, 1.807) is 12.1 Å². The van der Waals surface area contributed by atoms with Crippen molar-refractivity contribution in [2.24, 2.45) is 0 Å². The van der Waals surface area contributed by atoms with Gasteiger partial charge in [0.25, 0.3) is 0 Å². The maximum absolute atomic E-state index is 13.1. The summed E-state index contributed by atoms with van der Waals surface area (Å²) in [6.07, 6.45) is 0. The van der Waals surface area contributed by atoms with Gasteiger partial charge in [-0.1, -0.05) is 37.9 Å². The zero-order valence-electron chi connectivity index (χ0n) is 10.6. The normalized spacial score (nSPS) is 11.8. The molecule has 0 radical (unpaired) electrons. The van der Waals surface area contributed by atoms with Gasteiger partial charge in [-0.15, -0.1) is 0 Å². The number of halogens is 3. The Hall–Kier alpha value is -1.38. The van der Waals surface area contributed by atoms with Gasteiger partial charge in [0.1, 0.15) is 11.9 Å². The van der Waals surface area contributed by atoms with Gasteiger partial charge in [-0.2, -0.15) is 5.26 Å². The van der Waals surface area contributed by atoms with Crippen molar-refractivity contribution in [2.45, 2.75) is 13.0 Å². The van der Waals surface area contributed by atoms with Crippen LogP contribution in [0.4, 0.5) is 10.1 Å². The molecule has 0 aliphatic rings. The molecule has 0 saturated heterocycles. The monoisotopic (exact) mass is 396 g/mol. The van der Waals surface area contributed by atoms with Gasteiger partial charge in [0.2, 0.25) is 0 Å². The van der Waals surface area contributed by atoms with E-state index in [-0.39, 0.29) is 11.9 Å². The molecule has 0 saturated carbocycles. The van der Waals surface area contributed by atoms with E-state index in [1.165, 1.54) is 12.1 Å². The zero-order valence-corrected chi connectivity index (χ0v) is 13.8. The number of hydrogen-bond acceptors (Lipinski definition) is 2. The highest BCUT2D eigenvalue weighted by Crippen LogP contribution is 2.29. The molecule has 2 rings (SSSR count). The third-order valence-electron chi connectivity index (χ3n) is 2.90. The molecule has 5 heteroatoms. The van der Waals surface area contributed by atoms with Crippen LogP contribution >= 0.6 is 31.9 Å². The fraction of sp³-hybridized carbons (Fsp3) is 0.133. The van der Waals surface area contributed by atoms with Gasteiger partial charge in [-0.25, -0.2) is 4.39 Å². The predicted octanol–water partition coefficient (Wildman–Crippen LogP) is 5.40. The van der Waals surface area contributed by atoms with Crippen molar-refractivity contribution in [1.29, 1.82) is 5.26 Å². The van der Waals surface area contributed by atoms with Crippen molar-refractivity contribution in [3.63, 3.8) is 0 Å². The molecule has 0 spiro atoms. The molecular weight excluding hydrogens is 387 g/mol. The van der Waals surface area contributed by atoms with E-state index < -0.39 is 0 Å². The molecule has 0 aliphatic carbocycles. The highest BCUT2D eigenvalue weighted by molar-refractivity contribution is 9.10.